The van der Waals surface area contributed by atoms with E-state index in [2.05, 4.69) is 4.74 Å². The largest absolute Gasteiger partial charge is 0.467 e. The maximum atomic E-state index is 10.9. The monoisotopic (exact) mass is 178 g/mol. The highest BCUT2D eigenvalue weighted by Gasteiger charge is 2.16. The van der Waals surface area contributed by atoms with Gasteiger partial charge in [0.2, 0.25) is 0 Å². The first-order valence-corrected chi connectivity index (χ1v) is 3.97. The molecule has 4 heteroatoms. The van der Waals surface area contributed by atoms with Crippen LogP contribution in [0, 0.1) is 0 Å². The number of ether oxygens (including phenoxy) is 1. The highest BCUT2D eigenvalue weighted by atomic mass is 16.5. The van der Waals surface area contributed by atoms with Crippen molar-refractivity contribution in [3.05, 3.63) is 29.8 Å². The normalized spacial score (nSPS) is 12.2. The molecule has 1 atom stereocenters. The minimum atomic E-state index is -1.18. The molecule has 0 aliphatic carbocycles. The zero-order valence-corrected chi connectivity index (χ0v) is 7.65. The van der Waals surface area contributed by atoms with E-state index >= 15 is 0 Å². The molecule has 0 aliphatic heterocycles. The molecule has 0 radical (unpaired) electrons. The summed E-state index contributed by atoms with van der Waals surface area (Å²) in [6.07, 6.45) is -1.18. The Morgan fingerprint density at radius 2 is 2.00 bits per heavy atom. The van der Waals surface area contributed by atoms with Crippen molar-refractivity contribution in [2.45, 2.75) is 6.10 Å². The highest BCUT2D eigenvalue weighted by Crippen LogP contribution is 2.11. The summed E-state index contributed by atoms with van der Waals surface area (Å²) in [5.41, 5.74) is 1.64. The zero-order chi connectivity index (χ0) is 9.84. The second kappa shape index (κ2) is 4.09. The number of aliphatic hydroxyl groups excluding tert-OH is 1. The Bertz CT molecular complexity index is 294. The van der Waals surface area contributed by atoms with Crippen LogP contribution in [0.2, 0.25) is 0 Å². The number of methoxy groups -OCH3 is 1. The fourth-order valence-electron chi connectivity index (χ4n) is 0.996. The number of benzene rings is 1. The number of aliphatic hydroxyl groups is 1. The standard InChI is InChI=1S/C9H11BO3/c1-13-9(12)8(11)6-2-4-7(10)5-3-6/h2-5,8,11H,10H2,1H3. The van der Waals surface area contributed by atoms with E-state index < -0.39 is 12.1 Å². The van der Waals surface area contributed by atoms with Crippen molar-refractivity contribution in [1.82, 2.24) is 0 Å². The molecule has 1 aromatic rings. The molecule has 0 aliphatic rings. The lowest BCUT2D eigenvalue weighted by molar-refractivity contribution is -0.150. The summed E-state index contributed by atoms with van der Waals surface area (Å²) < 4.78 is 4.41. The van der Waals surface area contributed by atoms with E-state index in [-0.39, 0.29) is 0 Å². The van der Waals surface area contributed by atoms with Crippen LogP contribution in [0.15, 0.2) is 24.3 Å². The van der Waals surface area contributed by atoms with E-state index in [1.165, 1.54) is 7.11 Å². The van der Waals surface area contributed by atoms with Gasteiger partial charge in [-0.15, -0.1) is 0 Å². The van der Waals surface area contributed by atoms with Crippen molar-refractivity contribution in [1.29, 1.82) is 0 Å². The van der Waals surface area contributed by atoms with Crippen LogP contribution >= 0.6 is 0 Å². The summed E-state index contributed by atoms with van der Waals surface area (Å²) in [7, 11) is 3.19. The zero-order valence-electron chi connectivity index (χ0n) is 7.65. The van der Waals surface area contributed by atoms with Gasteiger partial charge in [-0.05, 0) is 5.56 Å². The molecule has 1 rings (SSSR count). The van der Waals surface area contributed by atoms with E-state index in [0.717, 1.165) is 5.46 Å². The van der Waals surface area contributed by atoms with Crippen LogP contribution in [-0.4, -0.2) is 26.0 Å². The Morgan fingerprint density at radius 1 is 1.46 bits per heavy atom. The van der Waals surface area contributed by atoms with E-state index in [1.54, 1.807) is 12.1 Å². The molecule has 68 valence electrons. The lowest BCUT2D eigenvalue weighted by atomic mass is 9.94. The molecular formula is C9H11BO3. The van der Waals surface area contributed by atoms with E-state index in [4.69, 9.17) is 0 Å². The molecule has 0 heterocycles. The Balaban J connectivity index is 2.83. The number of carbonyl (C=O) groups is 1. The Morgan fingerprint density at radius 3 is 2.46 bits per heavy atom. The van der Waals surface area contributed by atoms with Crippen molar-refractivity contribution < 1.29 is 14.6 Å². The van der Waals surface area contributed by atoms with Gasteiger partial charge in [0.05, 0.1) is 7.11 Å². The first-order valence-electron chi connectivity index (χ1n) is 3.97. The number of hydrogen-bond donors (Lipinski definition) is 1. The van der Waals surface area contributed by atoms with Crippen LogP contribution in [0.3, 0.4) is 0 Å². The molecule has 0 spiro atoms. The molecule has 0 aromatic heterocycles. The Hall–Kier alpha value is -1.29. The van der Waals surface area contributed by atoms with Gasteiger partial charge in [0.1, 0.15) is 7.85 Å². The number of hydrogen-bond acceptors (Lipinski definition) is 3. The number of carbonyl (C=O) groups excluding carboxylic acids is 1. The third-order valence-electron chi connectivity index (χ3n) is 1.82. The maximum Gasteiger partial charge on any atom is 0.339 e. The SMILES string of the molecule is Bc1ccc(C(O)C(=O)OC)cc1. The van der Waals surface area contributed by atoms with E-state index in [9.17, 15) is 9.90 Å². The Kier molecular flexibility index (Phi) is 3.09. The van der Waals surface area contributed by atoms with Gasteiger partial charge in [-0.1, -0.05) is 29.7 Å². The van der Waals surface area contributed by atoms with E-state index in [0.29, 0.717) is 5.56 Å². The molecule has 0 amide bonds. The fraction of sp³-hybridized carbons (Fsp3) is 0.222. The second-order valence-electron chi connectivity index (χ2n) is 2.84. The summed E-state index contributed by atoms with van der Waals surface area (Å²) in [4.78, 5) is 10.9. The maximum absolute atomic E-state index is 10.9. The average Bonchev–Trinajstić information content (AvgIpc) is 2.17. The van der Waals surface area contributed by atoms with Gasteiger partial charge in [0.15, 0.2) is 6.10 Å². The van der Waals surface area contributed by atoms with Crippen LogP contribution in [0.1, 0.15) is 11.7 Å². The summed E-state index contributed by atoms with van der Waals surface area (Å²) in [6.45, 7) is 0. The first kappa shape index (κ1) is 9.80. The van der Waals surface area contributed by atoms with Crippen LogP contribution in [0.25, 0.3) is 0 Å². The molecule has 1 N–H and O–H groups in total. The number of esters is 1. The van der Waals surface area contributed by atoms with Gasteiger partial charge in [0, 0.05) is 0 Å². The molecule has 3 nitrogen and oxygen atoms in total. The molecular weight excluding hydrogens is 167 g/mol. The van der Waals surface area contributed by atoms with Crippen molar-refractivity contribution >= 4 is 19.3 Å². The summed E-state index contributed by atoms with van der Waals surface area (Å²) in [6, 6.07) is 7.08. The molecule has 13 heavy (non-hydrogen) atoms. The second-order valence-corrected chi connectivity index (χ2v) is 2.84. The van der Waals surface area contributed by atoms with Crippen LogP contribution in [0.5, 0.6) is 0 Å². The summed E-state index contributed by atoms with van der Waals surface area (Å²) in [5.74, 6) is -0.635. The van der Waals surface area contributed by atoms with Crippen molar-refractivity contribution in [3.8, 4) is 0 Å². The van der Waals surface area contributed by atoms with Crippen molar-refractivity contribution in [3.63, 3.8) is 0 Å². The van der Waals surface area contributed by atoms with E-state index in [1.807, 2.05) is 20.0 Å². The topological polar surface area (TPSA) is 46.5 Å². The Labute approximate surface area is 77.7 Å². The molecule has 1 aromatic carbocycles. The van der Waals surface area contributed by atoms with Gasteiger partial charge in [-0.25, -0.2) is 4.79 Å². The van der Waals surface area contributed by atoms with Crippen LogP contribution in [-0.2, 0) is 9.53 Å². The summed E-state index contributed by atoms with van der Waals surface area (Å²) in [5, 5.41) is 9.41. The van der Waals surface area contributed by atoms with Gasteiger partial charge >= 0.3 is 5.97 Å². The third-order valence-corrected chi connectivity index (χ3v) is 1.82. The predicted octanol–water partition coefficient (Wildman–Crippen LogP) is -0.849. The van der Waals surface area contributed by atoms with Gasteiger partial charge in [-0.3, -0.25) is 0 Å². The van der Waals surface area contributed by atoms with Gasteiger partial charge in [0.25, 0.3) is 0 Å². The lowest BCUT2D eigenvalue weighted by Gasteiger charge is -2.08. The van der Waals surface area contributed by atoms with Crippen LogP contribution in [0.4, 0.5) is 0 Å². The smallest absolute Gasteiger partial charge is 0.339 e. The molecule has 0 fully saturated rings. The molecule has 0 bridgehead atoms. The predicted molar refractivity (Wildman–Crippen MR) is 51.6 cm³/mol. The van der Waals surface area contributed by atoms with Crippen molar-refractivity contribution in [2.24, 2.45) is 0 Å². The molecule has 0 saturated carbocycles. The van der Waals surface area contributed by atoms with Gasteiger partial charge < -0.3 is 9.84 Å². The first-order chi connectivity index (χ1) is 6.15. The highest BCUT2D eigenvalue weighted by molar-refractivity contribution is 6.32. The van der Waals surface area contributed by atoms with Crippen molar-refractivity contribution in [2.75, 3.05) is 7.11 Å². The minimum Gasteiger partial charge on any atom is -0.467 e. The summed E-state index contributed by atoms with van der Waals surface area (Å²) >= 11 is 0. The number of rotatable bonds is 2. The van der Waals surface area contributed by atoms with Gasteiger partial charge in [-0.2, -0.15) is 0 Å². The quantitative estimate of drug-likeness (QED) is 0.474. The minimum absolute atomic E-state index is 0.553. The average molecular weight is 178 g/mol. The lowest BCUT2D eigenvalue weighted by Crippen LogP contribution is -2.14. The third kappa shape index (κ3) is 2.32. The van der Waals surface area contributed by atoms with Crippen LogP contribution < -0.4 is 5.46 Å². The molecule has 0 saturated heterocycles. The molecule has 1 unspecified atom stereocenters. The fourth-order valence-corrected chi connectivity index (χ4v) is 0.996.